The molecule has 0 aliphatic rings. The second-order valence-corrected chi connectivity index (χ2v) is 5.25. The number of ether oxygens (including phenoxy) is 1. The Hall–Kier alpha value is -0.540. The predicted octanol–water partition coefficient (Wildman–Crippen LogP) is 3.04. The van der Waals surface area contributed by atoms with Crippen LogP contribution < -0.4 is 0 Å². The highest BCUT2D eigenvalue weighted by Gasteiger charge is 2.25. The lowest BCUT2D eigenvalue weighted by Crippen LogP contribution is -2.23. The van der Waals surface area contributed by atoms with Crippen molar-refractivity contribution in [2.45, 2.75) is 39.2 Å². The van der Waals surface area contributed by atoms with Gasteiger partial charge in [-0.25, -0.2) is 0 Å². The molecule has 0 bridgehead atoms. The maximum Gasteiger partial charge on any atom is 0.0823 e. The van der Waals surface area contributed by atoms with Crippen LogP contribution in [0.2, 0.25) is 5.02 Å². The number of rotatable bonds is 3. The van der Waals surface area contributed by atoms with E-state index in [0.717, 1.165) is 10.7 Å². The molecular weight excluding hydrogens is 212 g/mol. The Morgan fingerprint density at radius 2 is 2.13 bits per heavy atom. The number of methoxy groups -OCH3 is 1. The maximum absolute atomic E-state index is 6.15. The Kier molecular flexibility index (Phi) is 3.79. The smallest absolute Gasteiger partial charge is 0.0823 e. The van der Waals surface area contributed by atoms with Gasteiger partial charge in [-0.05, 0) is 6.92 Å². The predicted molar refractivity (Wildman–Crippen MR) is 62.5 cm³/mol. The first kappa shape index (κ1) is 12.5. The van der Waals surface area contributed by atoms with E-state index in [9.17, 15) is 0 Å². The summed E-state index contributed by atoms with van der Waals surface area (Å²) in [5.41, 5.74) is 1.06. The van der Waals surface area contributed by atoms with Crippen LogP contribution >= 0.6 is 11.6 Å². The molecule has 0 radical (unpaired) electrons. The second kappa shape index (κ2) is 4.54. The fraction of sp³-hybridized carbons (Fsp3) is 0.727. The third-order valence-corrected chi connectivity index (χ3v) is 2.56. The molecule has 4 heteroatoms. The third kappa shape index (κ3) is 2.73. The Labute approximate surface area is 96.4 Å². The molecule has 0 unspecified atom stereocenters. The standard InChI is InChI=1S/C11H19ClN2O/c1-8(7-15-5)14-10(11(2,3)4)9(12)6-13-14/h6,8H,7H2,1-5H3/t8-/m0/s1. The molecule has 0 saturated heterocycles. The summed E-state index contributed by atoms with van der Waals surface area (Å²) in [4.78, 5) is 0. The van der Waals surface area contributed by atoms with Crippen LogP contribution in [-0.2, 0) is 10.2 Å². The van der Waals surface area contributed by atoms with E-state index in [1.807, 2.05) is 4.68 Å². The van der Waals surface area contributed by atoms with E-state index in [0.29, 0.717) is 6.61 Å². The van der Waals surface area contributed by atoms with Crippen LogP contribution in [0.25, 0.3) is 0 Å². The van der Waals surface area contributed by atoms with Crippen LogP contribution in [0.3, 0.4) is 0 Å². The van der Waals surface area contributed by atoms with Crippen molar-refractivity contribution < 1.29 is 4.74 Å². The van der Waals surface area contributed by atoms with Gasteiger partial charge in [0.15, 0.2) is 0 Å². The first-order valence-corrected chi connectivity index (χ1v) is 5.48. The van der Waals surface area contributed by atoms with Gasteiger partial charge in [0.1, 0.15) is 0 Å². The van der Waals surface area contributed by atoms with Crippen LogP contribution in [-0.4, -0.2) is 23.5 Å². The highest BCUT2D eigenvalue weighted by Crippen LogP contribution is 2.31. The van der Waals surface area contributed by atoms with Crippen molar-refractivity contribution in [3.05, 3.63) is 16.9 Å². The first-order valence-electron chi connectivity index (χ1n) is 5.10. The number of halogens is 1. The quantitative estimate of drug-likeness (QED) is 0.798. The van der Waals surface area contributed by atoms with E-state index in [1.54, 1.807) is 13.3 Å². The number of nitrogens with zero attached hydrogens (tertiary/aromatic N) is 2. The highest BCUT2D eigenvalue weighted by atomic mass is 35.5. The molecule has 1 aromatic heterocycles. The first-order chi connectivity index (χ1) is 6.88. The molecule has 0 aliphatic carbocycles. The minimum Gasteiger partial charge on any atom is -0.382 e. The Bertz CT molecular complexity index is 328. The van der Waals surface area contributed by atoms with Gasteiger partial charge in [-0.2, -0.15) is 5.10 Å². The summed E-state index contributed by atoms with van der Waals surface area (Å²) in [5.74, 6) is 0. The summed E-state index contributed by atoms with van der Waals surface area (Å²) >= 11 is 6.15. The SMILES string of the molecule is COC[C@H](C)n1ncc(Cl)c1C(C)(C)C. The summed E-state index contributed by atoms with van der Waals surface area (Å²) in [6.07, 6.45) is 1.70. The molecule has 1 rings (SSSR count). The molecule has 0 saturated carbocycles. The number of hydrogen-bond donors (Lipinski definition) is 0. The van der Waals surface area contributed by atoms with Crippen molar-refractivity contribution in [2.24, 2.45) is 0 Å². The van der Waals surface area contributed by atoms with Crippen molar-refractivity contribution in [1.29, 1.82) is 0 Å². The van der Waals surface area contributed by atoms with Gasteiger partial charge in [0.25, 0.3) is 0 Å². The number of hydrogen-bond acceptors (Lipinski definition) is 2. The lowest BCUT2D eigenvalue weighted by Gasteiger charge is -2.24. The van der Waals surface area contributed by atoms with Gasteiger partial charge >= 0.3 is 0 Å². The second-order valence-electron chi connectivity index (χ2n) is 4.84. The summed E-state index contributed by atoms with van der Waals surface area (Å²) in [7, 11) is 1.69. The van der Waals surface area contributed by atoms with Crippen LogP contribution in [0.1, 0.15) is 39.4 Å². The topological polar surface area (TPSA) is 27.1 Å². The summed E-state index contributed by atoms with van der Waals surface area (Å²) in [6.45, 7) is 9.10. The Morgan fingerprint density at radius 3 is 2.60 bits per heavy atom. The van der Waals surface area contributed by atoms with Crippen molar-refractivity contribution >= 4 is 11.6 Å². The van der Waals surface area contributed by atoms with Crippen molar-refractivity contribution in [1.82, 2.24) is 9.78 Å². The average Bonchev–Trinajstić information content (AvgIpc) is 2.46. The molecule has 15 heavy (non-hydrogen) atoms. The zero-order valence-corrected chi connectivity index (χ0v) is 10.8. The highest BCUT2D eigenvalue weighted by molar-refractivity contribution is 6.31. The van der Waals surface area contributed by atoms with Gasteiger partial charge in [-0.15, -0.1) is 0 Å². The number of aromatic nitrogens is 2. The fourth-order valence-electron chi connectivity index (χ4n) is 1.69. The zero-order chi connectivity index (χ0) is 11.6. The molecule has 0 N–H and O–H groups in total. The molecule has 0 spiro atoms. The van der Waals surface area contributed by atoms with E-state index in [4.69, 9.17) is 16.3 Å². The lowest BCUT2D eigenvalue weighted by atomic mass is 9.92. The minimum absolute atomic E-state index is 0.00438. The molecule has 1 aromatic rings. The van der Waals surface area contributed by atoms with E-state index in [1.165, 1.54) is 0 Å². The molecule has 3 nitrogen and oxygen atoms in total. The minimum atomic E-state index is -0.00438. The van der Waals surface area contributed by atoms with E-state index < -0.39 is 0 Å². The van der Waals surface area contributed by atoms with Gasteiger partial charge in [0, 0.05) is 12.5 Å². The van der Waals surface area contributed by atoms with Crippen LogP contribution in [0.4, 0.5) is 0 Å². The van der Waals surface area contributed by atoms with E-state index >= 15 is 0 Å². The lowest BCUT2D eigenvalue weighted by molar-refractivity contribution is 0.154. The third-order valence-electron chi connectivity index (χ3n) is 2.29. The maximum atomic E-state index is 6.15. The molecule has 86 valence electrons. The molecule has 0 aromatic carbocycles. The van der Waals surface area contributed by atoms with Crippen LogP contribution in [0.15, 0.2) is 6.20 Å². The zero-order valence-electron chi connectivity index (χ0n) is 10.0. The summed E-state index contributed by atoms with van der Waals surface area (Å²) in [6, 6.07) is 0.205. The van der Waals surface area contributed by atoms with E-state index in [2.05, 4.69) is 32.8 Å². The van der Waals surface area contributed by atoms with Gasteiger partial charge in [0.2, 0.25) is 0 Å². The van der Waals surface area contributed by atoms with Gasteiger partial charge in [-0.1, -0.05) is 32.4 Å². The molecule has 0 aliphatic heterocycles. The molecule has 1 atom stereocenters. The summed E-state index contributed by atoms with van der Waals surface area (Å²) < 4.78 is 7.08. The van der Waals surface area contributed by atoms with Crippen LogP contribution in [0, 0.1) is 0 Å². The van der Waals surface area contributed by atoms with Gasteiger partial charge < -0.3 is 4.74 Å². The average molecular weight is 231 g/mol. The molecule has 1 heterocycles. The van der Waals surface area contributed by atoms with Gasteiger partial charge in [-0.3, -0.25) is 4.68 Å². The van der Waals surface area contributed by atoms with Crippen molar-refractivity contribution in [2.75, 3.05) is 13.7 Å². The van der Waals surface area contributed by atoms with Crippen LogP contribution in [0.5, 0.6) is 0 Å². The molecule has 0 amide bonds. The molecular formula is C11H19ClN2O. The Morgan fingerprint density at radius 1 is 1.53 bits per heavy atom. The fourth-order valence-corrected chi connectivity index (χ4v) is 2.10. The monoisotopic (exact) mass is 230 g/mol. The normalized spacial score (nSPS) is 14.3. The Balaban J connectivity index is 3.09. The van der Waals surface area contributed by atoms with E-state index in [-0.39, 0.29) is 11.5 Å². The van der Waals surface area contributed by atoms with Crippen molar-refractivity contribution in [3.63, 3.8) is 0 Å². The summed E-state index contributed by atoms with van der Waals surface area (Å²) in [5, 5.41) is 5.03. The largest absolute Gasteiger partial charge is 0.382 e. The van der Waals surface area contributed by atoms with Gasteiger partial charge in [0.05, 0.1) is 29.6 Å². The molecule has 0 fully saturated rings. The van der Waals surface area contributed by atoms with Crippen molar-refractivity contribution in [3.8, 4) is 0 Å².